The standard InChI is InChI=1S/C24H23N5O2/c30-24(28-21-9-1-2-12-26-21)19-7-4-8-20-22(19)29-23(27-20)16-5-3-6-18(15-16)31-17-10-13-25-14-11-17/h1-9,12,15,17,25H,10-11,13-14H2,(H,27,29)(H,26,28,30). The van der Waals surface area contributed by atoms with Crippen molar-refractivity contribution in [2.45, 2.75) is 18.9 Å². The molecule has 0 saturated carbocycles. The lowest BCUT2D eigenvalue weighted by molar-refractivity contribution is 0.102. The molecule has 0 spiro atoms. The largest absolute Gasteiger partial charge is 0.490 e. The Balaban J connectivity index is 1.42. The molecule has 0 bridgehead atoms. The first kappa shape index (κ1) is 19.3. The number of nitrogens with zero attached hydrogens (tertiary/aromatic N) is 2. The van der Waals surface area contributed by atoms with Crippen LogP contribution in [0.4, 0.5) is 5.82 Å². The van der Waals surface area contributed by atoms with Crippen molar-refractivity contribution in [3.05, 3.63) is 72.4 Å². The molecule has 7 nitrogen and oxygen atoms in total. The Hall–Kier alpha value is -3.71. The number of piperidine rings is 1. The molecule has 1 fully saturated rings. The van der Waals surface area contributed by atoms with E-state index in [9.17, 15) is 4.79 Å². The number of ether oxygens (including phenoxy) is 1. The zero-order valence-electron chi connectivity index (χ0n) is 17.0. The lowest BCUT2D eigenvalue weighted by Gasteiger charge is -2.23. The summed E-state index contributed by atoms with van der Waals surface area (Å²) in [7, 11) is 0. The Morgan fingerprint density at radius 1 is 1.03 bits per heavy atom. The van der Waals surface area contributed by atoms with Crippen molar-refractivity contribution in [2.75, 3.05) is 18.4 Å². The van der Waals surface area contributed by atoms with Gasteiger partial charge in [0.05, 0.1) is 11.1 Å². The maximum atomic E-state index is 12.8. The van der Waals surface area contributed by atoms with Crippen LogP contribution >= 0.6 is 0 Å². The van der Waals surface area contributed by atoms with Gasteiger partial charge in [-0.3, -0.25) is 4.79 Å². The van der Waals surface area contributed by atoms with E-state index in [4.69, 9.17) is 9.72 Å². The molecule has 2 aromatic heterocycles. The SMILES string of the molecule is O=C(Nc1ccccn1)c1cccc2[nH]c(-c3cccc(OC4CCNCC4)c3)nc12. The van der Waals surface area contributed by atoms with Crippen LogP contribution in [0.25, 0.3) is 22.4 Å². The van der Waals surface area contributed by atoms with Gasteiger partial charge in [0.25, 0.3) is 5.91 Å². The first-order chi connectivity index (χ1) is 15.3. The smallest absolute Gasteiger partial charge is 0.259 e. The minimum Gasteiger partial charge on any atom is -0.490 e. The van der Waals surface area contributed by atoms with Gasteiger partial charge in [-0.15, -0.1) is 0 Å². The number of imidazole rings is 1. The average Bonchev–Trinajstić information content (AvgIpc) is 3.25. The van der Waals surface area contributed by atoms with Gasteiger partial charge in [0, 0.05) is 11.8 Å². The van der Waals surface area contributed by atoms with E-state index in [1.165, 1.54) is 0 Å². The van der Waals surface area contributed by atoms with Crippen LogP contribution in [0.5, 0.6) is 5.75 Å². The second kappa shape index (κ2) is 8.57. The first-order valence-corrected chi connectivity index (χ1v) is 10.5. The summed E-state index contributed by atoms with van der Waals surface area (Å²) in [6, 6.07) is 18.8. The fourth-order valence-electron chi connectivity index (χ4n) is 3.79. The lowest BCUT2D eigenvalue weighted by atomic mass is 10.1. The van der Waals surface area contributed by atoms with E-state index < -0.39 is 0 Å². The van der Waals surface area contributed by atoms with E-state index >= 15 is 0 Å². The predicted octanol–water partition coefficient (Wildman–Crippen LogP) is 4.01. The van der Waals surface area contributed by atoms with Crippen LogP contribution in [0, 0.1) is 0 Å². The van der Waals surface area contributed by atoms with Gasteiger partial charge in [0.1, 0.15) is 29.0 Å². The Kier molecular flexibility index (Phi) is 5.33. The maximum absolute atomic E-state index is 12.8. The van der Waals surface area contributed by atoms with E-state index in [-0.39, 0.29) is 12.0 Å². The van der Waals surface area contributed by atoms with Crippen LogP contribution in [0.3, 0.4) is 0 Å². The van der Waals surface area contributed by atoms with Gasteiger partial charge in [0.15, 0.2) is 0 Å². The van der Waals surface area contributed by atoms with Gasteiger partial charge in [-0.05, 0) is 62.3 Å². The van der Waals surface area contributed by atoms with E-state index in [1.807, 2.05) is 42.5 Å². The van der Waals surface area contributed by atoms with E-state index in [0.717, 1.165) is 42.8 Å². The van der Waals surface area contributed by atoms with Gasteiger partial charge in [-0.2, -0.15) is 0 Å². The molecule has 31 heavy (non-hydrogen) atoms. The highest BCUT2D eigenvalue weighted by molar-refractivity contribution is 6.11. The normalized spacial score (nSPS) is 14.5. The van der Waals surface area contributed by atoms with Crippen molar-refractivity contribution < 1.29 is 9.53 Å². The number of nitrogens with one attached hydrogen (secondary N) is 3. The van der Waals surface area contributed by atoms with Gasteiger partial charge in [-0.1, -0.05) is 24.3 Å². The number of carbonyl (C=O) groups excluding carboxylic acids is 1. The van der Waals surface area contributed by atoms with Gasteiger partial charge in [-0.25, -0.2) is 9.97 Å². The Morgan fingerprint density at radius 3 is 2.74 bits per heavy atom. The molecule has 2 aromatic carbocycles. The fourth-order valence-corrected chi connectivity index (χ4v) is 3.79. The summed E-state index contributed by atoms with van der Waals surface area (Å²) in [6.45, 7) is 1.97. The number of aromatic amines is 1. The number of hydrogen-bond acceptors (Lipinski definition) is 5. The van der Waals surface area contributed by atoms with E-state index in [0.29, 0.717) is 22.7 Å². The third-order valence-corrected chi connectivity index (χ3v) is 5.36. The second-order valence-corrected chi connectivity index (χ2v) is 7.55. The van der Waals surface area contributed by atoms with E-state index in [1.54, 1.807) is 24.4 Å². The number of rotatable bonds is 5. The van der Waals surface area contributed by atoms with Crippen molar-refractivity contribution in [3.63, 3.8) is 0 Å². The summed E-state index contributed by atoms with van der Waals surface area (Å²) in [5, 5.41) is 6.18. The number of benzene rings is 2. The number of H-pyrrole nitrogens is 1. The van der Waals surface area contributed by atoms with Crippen molar-refractivity contribution in [3.8, 4) is 17.1 Å². The molecule has 156 valence electrons. The minimum atomic E-state index is -0.245. The van der Waals surface area contributed by atoms with Gasteiger partial charge < -0.3 is 20.4 Å². The molecule has 3 heterocycles. The number of amides is 1. The maximum Gasteiger partial charge on any atom is 0.259 e. The molecule has 1 saturated heterocycles. The predicted molar refractivity (Wildman–Crippen MR) is 120 cm³/mol. The van der Waals surface area contributed by atoms with Crippen LogP contribution in [-0.4, -0.2) is 40.1 Å². The number of pyridine rings is 1. The molecule has 0 atom stereocenters. The monoisotopic (exact) mass is 413 g/mol. The minimum absolute atomic E-state index is 0.231. The van der Waals surface area contributed by atoms with Crippen molar-refractivity contribution >= 4 is 22.8 Å². The third-order valence-electron chi connectivity index (χ3n) is 5.36. The third kappa shape index (κ3) is 4.27. The van der Waals surface area contributed by atoms with Crippen molar-refractivity contribution in [1.82, 2.24) is 20.3 Å². The van der Waals surface area contributed by atoms with Crippen LogP contribution in [0.1, 0.15) is 23.2 Å². The zero-order valence-corrected chi connectivity index (χ0v) is 17.0. The number of aromatic nitrogens is 3. The molecule has 1 aliphatic rings. The molecular weight excluding hydrogens is 390 g/mol. The summed E-state index contributed by atoms with van der Waals surface area (Å²) in [6.07, 6.45) is 3.88. The molecule has 3 N–H and O–H groups in total. The molecular formula is C24H23N5O2. The molecule has 1 aliphatic heterocycles. The van der Waals surface area contributed by atoms with Crippen LogP contribution in [-0.2, 0) is 0 Å². The highest BCUT2D eigenvalue weighted by Crippen LogP contribution is 2.27. The summed E-state index contributed by atoms with van der Waals surface area (Å²) >= 11 is 0. The Labute approximate surface area is 179 Å². The molecule has 0 unspecified atom stereocenters. The molecule has 5 rings (SSSR count). The Morgan fingerprint density at radius 2 is 1.90 bits per heavy atom. The molecule has 7 heteroatoms. The lowest BCUT2D eigenvalue weighted by Crippen LogP contribution is -2.34. The summed E-state index contributed by atoms with van der Waals surface area (Å²) < 4.78 is 6.17. The molecule has 0 radical (unpaired) electrons. The highest BCUT2D eigenvalue weighted by atomic mass is 16.5. The van der Waals surface area contributed by atoms with Crippen LogP contribution in [0.15, 0.2) is 66.9 Å². The zero-order chi connectivity index (χ0) is 21.0. The number of hydrogen-bond donors (Lipinski definition) is 3. The van der Waals surface area contributed by atoms with Crippen molar-refractivity contribution in [1.29, 1.82) is 0 Å². The number of fused-ring (bicyclic) bond motifs is 1. The quantitative estimate of drug-likeness (QED) is 0.460. The summed E-state index contributed by atoms with van der Waals surface area (Å²) in [5.41, 5.74) is 2.83. The van der Waals surface area contributed by atoms with Gasteiger partial charge in [0.2, 0.25) is 0 Å². The second-order valence-electron chi connectivity index (χ2n) is 7.55. The molecule has 1 amide bonds. The van der Waals surface area contributed by atoms with Crippen molar-refractivity contribution in [2.24, 2.45) is 0 Å². The summed E-state index contributed by atoms with van der Waals surface area (Å²) in [4.78, 5) is 25.0. The molecule has 0 aliphatic carbocycles. The topological polar surface area (TPSA) is 91.9 Å². The number of carbonyl (C=O) groups is 1. The van der Waals surface area contributed by atoms with Gasteiger partial charge >= 0.3 is 0 Å². The average molecular weight is 413 g/mol. The summed E-state index contributed by atoms with van der Waals surface area (Å²) in [5.74, 6) is 1.79. The first-order valence-electron chi connectivity index (χ1n) is 10.5. The van der Waals surface area contributed by atoms with Crippen LogP contribution < -0.4 is 15.4 Å². The fraction of sp³-hybridized carbons (Fsp3) is 0.208. The number of anilines is 1. The molecule has 4 aromatic rings. The number of para-hydroxylation sites is 1. The van der Waals surface area contributed by atoms with E-state index in [2.05, 4.69) is 20.6 Å². The highest BCUT2D eigenvalue weighted by Gasteiger charge is 2.17. The van der Waals surface area contributed by atoms with Crippen LogP contribution in [0.2, 0.25) is 0 Å². The Bertz CT molecular complexity index is 1200.